The summed E-state index contributed by atoms with van der Waals surface area (Å²) in [6.45, 7) is 2.47. The Balaban J connectivity index is 2.12. The van der Waals surface area contributed by atoms with Crippen LogP contribution in [0.3, 0.4) is 0 Å². The van der Waals surface area contributed by atoms with Crippen molar-refractivity contribution in [1.82, 2.24) is 4.90 Å². The molecular weight excluding hydrogens is 283 g/mol. The Morgan fingerprint density at radius 1 is 1.42 bits per heavy atom. The van der Waals surface area contributed by atoms with Crippen molar-refractivity contribution in [3.63, 3.8) is 0 Å². The van der Waals surface area contributed by atoms with E-state index in [1.165, 1.54) is 0 Å². The largest absolute Gasteiger partial charge is 0.334 e. The van der Waals surface area contributed by atoms with E-state index in [0.29, 0.717) is 29.1 Å². The van der Waals surface area contributed by atoms with E-state index in [0.717, 1.165) is 18.4 Å². The monoisotopic (exact) mass is 300 g/mol. The molecule has 2 N–H and O–H groups in total. The van der Waals surface area contributed by atoms with E-state index in [1.54, 1.807) is 6.07 Å². The fourth-order valence-electron chi connectivity index (χ4n) is 2.00. The van der Waals surface area contributed by atoms with E-state index in [-0.39, 0.29) is 5.91 Å². The highest BCUT2D eigenvalue weighted by Gasteiger charge is 2.34. The molecule has 1 aromatic carbocycles. The zero-order chi connectivity index (χ0) is 14.0. The Morgan fingerprint density at radius 2 is 2.11 bits per heavy atom. The number of carbonyl (C=O) groups is 1. The lowest BCUT2D eigenvalue weighted by Crippen LogP contribution is -2.44. The van der Waals surface area contributed by atoms with E-state index in [4.69, 9.17) is 28.9 Å². The van der Waals surface area contributed by atoms with Crippen molar-refractivity contribution in [1.29, 1.82) is 0 Å². The quantitative estimate of drug-likeness (QED) is 0.907. The Bertz CT molecular complexity index is 475. The second kappa shape index (κ2) is 6.12. The van der Waals surface area contributed by atoms with Crippen molar-refractivity contribution in [3.8, 4) is 0 Å². The highest BCUT2D eigenvalue weighted by atomic mass is 35.5. The molecule has 1 fully saturated rings. The van der Waals surface area contributed by atoms with Gasteiger partial charge in [-0.3, -0.25) is 4.79 Å². The molecule has 2 rings (SSSR count). The molecule has 1 amide bonds. The van der Waals surface area contributed by atoms with Crippen LogP contribution in [-0.2, 0) is 11.3 Å². The van der Waals surface area contributed by atoms with Gasteiger partial charge in [0.15, 0.2) is 0 Å². The maximum atomic E-state index is 12.3. The summed E-state index contributed by atoms with van der Waals surface area (Å²) in [5.74, 6) is 0.0241. The summed E-state index contributed by atoms with van der Waals surface area (Å²) in [7, 11) is 0. The van der Waals surface area contributed by atoms with Crippen LogP contribution in [-0.4, -0.2) is 22.9 Å². The van der Waals surface area contributed by atoms with E-state index in [2.05, 4.69) is 0 Å². The fraction of sp³-hybridized carbons (Fsp3) is 0.500. The van der Waals surface area contributed by atoms with Gasteiger partial charge in [-0.25, -0.2) is 0 Å². The summed E-state index contributed by atoms with van der Waals surface area (Å²) in [6, 6.07) is 5.38. The molecule has 0 heterocycles. The van der Waals surface area contributed by atoms with Crippen LogP contribution in [0.15, 0.2) is 18.2 Å². The molecule has 0 saturated heterocycles. The first-order valence-electron chi connectivity index (χ1n) is 6.53. The molecule has 1 aliphatic carbocycles. The molecule has 3 nitrogen and oxygen atoms in total. The summed E-state index contributed by atoms with van der Waals surface area (Å²) >= 11 is 11.9. The zero-order valence-corrected chi connectivity index (χ0v) is 12.4. The fourth-order valence-corrected chi connectivity index (χ4v) is 2.32. The SMILES string of the molecule is CC[C@@H](N)C(=O)N(Cc1ccc(Cl)c(Cl)c1)C1CC1. The van der Waals surface area contributed by atoms with E-state index in [9.17, 15) is 4.79 Å². The summed E-state index contributed by atoms with van der Waals surface area (Å²) in [4.78, 5) is 14.1. The van der Waals surface area contributed by atoms with Gasteiger partial charge in [0.25, 0.3) is 0 Å². The second-order valence-electron chi connectivity index (χ2n) is 4.96. The smallest absolute Gasteiger partial charge is 0.240 e. The number of halogens is 2. The van der Waals surface area contributed by atoms with Gasteiger partial charge in [-0.1, -0.05) is 36.2 Å². The number of hydrogen-bond donors (Lipinski definition) is 1. The highest BCUT2D eigenvalue weighted by molar-refractivity contribution is 6.42. The Hall–Kier alpha value is -0.770. The van der Waals surface area contributed by atoms with Crippen LogP contribution in [0.4, 0.5) is 0 Å². The molecule has 0 aliphatic heterocycles. The average Bonchev–Trinajstić information content (AvgIpc) is 3.22. The number of nitrogens with zero attached hydrogens (tertiary/aromatic N) is 1. The third-order valence-electron chi connectivity index (χ3n) is 3.36. The molecule has 1 saturated carbocycles. The van der Waals surface area contributed by atoms with Gasteiger partial charge in [-0.05, 0) is 37.0 Å². The summed E-state index contributed by atoms with van der Waals surface area (Å²) in [5, 5.41) is 1.04. The molecule has 0 bridgehead atoms. The topological polar surface area (TPSA) is 46.3 Å². The highest BCUT2D eigenvalue weighted by Crippen LogP contribution is 2.30. The van der Waals surface area contributed by atoms with Gasteiger partial charge in [0.2, 0.25) is 5.91 Å². The molecule has 1 atom stereocenters. The predicted octanol–water partition coefficient (Wildman–Crippen LogP) is 3.22. The molecule has 1 aliphatic rings. The number of benzene rings is 1. The maximum Gasteiger partial charge on any atom is 0.240 e. The Kier molecular flexibility index (Phi) is 4.71. The number of carbonyl (C=O) groups excluding carboxylic acids is 1. The average molecular weight is 301 g/mol. The first-order chi connectivity index (χ1) is 9.02. The van der Waals surface area contributed by atoms with E-state index in [1.807, 2.05) is 24.0 Å². The minimum Gasteiger partial charge on any atom is -0.334 e. The Labute approximate surface area is 123 Å². The van der Waals surface area contributed by atoms with Crippen molar-refractivity contribution in [3.05, 3.63) is 33.8 Å². The summed E-state index contributed by atoms with van der Waals surface area (Å²) in [5.41, 5.74) is 6.84. The van der Waals surface area contributed by atoms with Crippen LogP contribution in [0.25, 0.3) is 0 Å². The molecule has 0 unspecified atom stereocenters. The van der Waals surface area contributed by atoms with Crippen molar-refractivity contribution in [2.45, 2.75) is 44.8 Å². The summed E-state index contributed by atoms with van der Waals surface area (Å²) in [6.07, 6.45) is 2.77. The van der Waals surface area contributed by atoms with Gasteiger partial charge in [-0.2, -0.15) is 0 Å². The first-order valence-corrected chi connectivity index (χ1v) is 7.28. The predicted molar refractivity (Wildman–Crippen MR) is 78.3 cm³/mol. The molecule has 0 radical (unpaired) electrons. The standard InChI is InChI=1S/C14H18Cl2N2O/c1-2-13(17)14(19)18(10-4-5-10)8-9-3-6-11(15)12(16)7-9/h3,6-7,10,13H,2,4-5,8,17H2,1H3/t13-/m1/s1. The van der Waals surface area contributed by atoms with Crippen LogP contribution in [0.2, 0.25) is 10.0 Å². The third-order valence-corrected chi connectivity index (χ3v) is 4.10. The number of amides is 1. The van der Waals surface area contributed by atoms with Gasteiger partial charge in [0.05, 0.1) is 16.1 Å². The van der Waals surface area contributed by atoms with Gasteiger partial charge in [-0.15, -0.1) is 0 Å². The second-order valence-corrected chi connectivity index (χ2v) is 5.77. The van der Waals surface area contributed by atoms with E-state index < -0.39 is 6.04 Å². The van der Waals surface area contributed by atoms with E-state index >= 15 is 0 Å². The van der Waals surface area contributed by atoms with Crippen molar-refractivity contribution >= 4 is 29.1 Å². The lowest BCUT2D eigenvalue weighted by molar-refractivity contribution is -0.133. The van der Waals surface area contributed by atoms with Crippen molar-refractivity contribution in [2.24, 2.45) is 5.73 Å². The molecular formula is C14H18Cl2N2O. The van der Waals surface area contributed by atoms with Crippen LogP contribution in [0.5, 0.6) is 0 Å². The van der Waals surface area contributed by atoms with Gasteiger partial charge in [0.1, 0.15) is 0 Å². The molecule has 0 aromatic heterocycles. The van der Waals surface area contributed by atoms with Crippen LogP contribution < -0.4 is 5.73 Å². The van der Waals surface area contributed by atoms with Gasteiger partial charge in [0, 0.05) is 12.6 Å². The van der Waals surface area contributed by atoms with Crippen LogP contribution >= 0.6 is 23.2 Å². The maximum absolute atomic E-state index is 12.3. The Morgan fingerprint density at radius 3 is 2.63 bits per heavy atom. The van der Waals surface area contributed by atoms with Gasteiger partial charge < -0.3 is 10.6 Å². The molecule has 19 heavy (non-hydrogen) atoms. The molecule has 104 valence electrons. The molecule has 1 aromatic rings. The minimum absolute atomic E-state index is 0.0241. The summed E-state index contributed by atoms with van der Waals surface area (Å²) < 4.78 is 0. The first kappa shape index (κ1) is 14.6. The normalized spacial score (nSPS) is 16.2. The van der Waals surface area contributed by atoms with Crippen LogP contribution in [0.1, 0.15) is 31.7 Å². The number of nitrogens with two attached hydrogens (primary N) is 1. The number of rotatable bonds is 5. The molecule has 0 spiro atoms. The minimum atomic E-state index is -0.414. The number of hydrogen-bond acceptors (Lipinski definition) is 2. The lowest BCUT2D eigenvalue weighted by atomic mass is 10.1. The van der Waals surface area contributed by atoms with Crippen LogP contribution in [0, 0.1) is 0 Å². The zero-order valence-electron chi connectivity index (χ0n) is 10.9. The molecule has 5 heteroatoms. The third kappa shape index (κ3) is 3.62. The van der Waals surface area contributed by atoms with Gasteiger partial charge >= 0.3 is 0 Å². The van der Waals surface area contributed by atoms with Crippen molar-refractivity contribution < 1.29 is 4.79 Å². The van der Waals surface area contributed by atoms with Crippen molar-refractivity contribution in [2.75, 3.05) is 0 Å². The lowest BCUT2D eigenvalue weighted by Gasteiger charge is -2.25.